The third-order valence-electron chi connectivity index (χ3n) is 2.99. The van der Waals surface area contributed by atoms with Crippen molar-refractivity contribution in [3.63, 3.8) is 0 Å². The minimum Gasteiger partial charge on any atom is -0.340 e. The van der Waals surface area contributed by atoms with Gasteiger partial charge in [0.1, 0.15) is 16.5 Å². The molecule has 0 amide bonds. The van der Waals surface area contributed by atoms with Gasteiger partial charge in [-0.05, 0) is 37.3 Å². The van der Waals surface area contributed by atoms with Gasteiger partial charge >= 0.3 is 0 Å². The minimum atomic E-state index is 0.726. The van der Waals surface area contributed by atoms with E-state index in [4.69, 9.17) is 11.6 Å². The van der Waals surface area contributed by atoms with E-state index in [1.54, 1.807) is 11.3 Å². The molecule has 2 heterocycles. The Morgan fingerprint density at radius 1 is 1.20 bits per heavy atom. The summed E-state index contributed by atoms with van der Waals surface area (Å²) in [7, 11) is 0. The molecular weight excluding hydrogens is 290 g/mol. The first-order valence-electron chi connectivity index (χ1n) is 6.45. The molecule has 1 N–H and O–H groups in total. The highest BCUT2D eigenvalue weighted by molar-refractivity contribution is 7.18. The van der Waals surface area contributed by atoms with Crippen LogP contribution in [0.3, 0.4) is 0 Å². The molecule has 0 aliphatic rings. The summed E-state index contributed by atoms with van der Waals surface area (Å²) in [6.07, 6.45) is 0.822. The van der Waals surface area contributed by atoms with Gasteiger partial charge < -0.3 is 5.32 Å². The van der Waals surface area contributed by atoms with E-state index in [0.717, 1.165) is 39.0 Å². The number of benzene rings is 1. The lowest BCUT2D eigenvalue weighted by Gasteiger charge is -2.08. The number of anilines is 2. The van der Waals surface area contributed by atoms with Gasteiger partial charge in [-0.2, -0.15) is 0 Å². The van der Waals surface area contributed by atoms with Gasteiger partial charge in [-0.1, -0.05) is 18.5 Å². The van der Waals surface area contributed by atoms with Gasteiger partial charge in [0.15, 0.2) is 0 Å². The van der Waals surface area contributed by atoms with Crippen molar-refractivity contribution in [1.29, 1.82) is 0 Å². The monoisotopic (exact) mass is 303 g/mol. The second-order valence-electron chi connectivity index (χ2n) is 4.55. The number of fused-ring (bicyclic) bond motifs is 1. The highest BCUT2D eigenvalue weighted by atomic mass is 35.5. The number of aromatic nitrogens is 2. The van der Waals surface area contributed by atoms with Gasteiger partial charge in [-0.25, -0.2) is 9.97 Å². The summed E-state index contributed by atoms with van der Waals surface area (Å²) >= 11 is 7.61. The first-order valence-corrected chi connectivity index (χ1v) is 7.65. The Bertz CT molecular complexity index is 750. The Kier molecular flexibility index (Phi) is 3.59. The van der Waals surface area contributed by atoms with Crippen LogP contribution in [0.1, 0.15) is 17.6 Å². The van der Waals surface area contributed by atoms with Gasteiger partial charge in [0, 0.05) is 22.0 Å². The van der Waals surface area contributed by atoms with Crippen LogP contribution in [0.2, 0.25) is 5.02 Å². The topological polar surface area (TPSA) is 37.8 Å². The van der Waals surface area contributed by atoms with E-state index < -0.39 is 0 Å². The molecule has 0 radical (unpaired) electrons. The average molecular weight is 304 g/mol. The molecule has 0 atom stereocenters. The van der Waals surface area contributed by atoms with Gasteiger partial charge in [0.05, 0.1) is 5.39 Å². The number of hydrogen-bond acceptors (Lipinski definition) is 4. The first kappa shape index (κ1) is 13.3. The Morgan fingerprint density at radius 3 is 2.65 bits per heavy atom. The number of aryl methyl sites for hydroxylation is 2. The zero-order valence-corrected chi connectivity index (χ0v) is 12.8. The summed E-state index contributed by atoms with van der Waals surface area (Å²) in [6, 6.07) is 9.74. The fourth-order valence-electron chi connectivity index (χ4n) is 2.01. The van der Waals surface area contributed by atoms with Gasteiger partial charge in [0.2, 0.25) is 0 Å². The van der Waals surface area contributed by atoms with Crippen molar-refractivity contribution >= 4 is 44.7 Å². The molecule has 0 saturated heterocycles. The van der Waals surface area contributed by atoms with Crippen molar-refractivity contribution < 1.29 is 0 Å². The number of nitrogens with one attached hydrogen (secondary N) is 1. The molecule has 3 rings (SSSR count). The molecule has 0 aliphatic heterocycles. The Morgan fingerprint density at radius 2 is 1.95 bits per heavy atom. The third-order valence-corrected chi connectivity index (χ3v) is 4.18. The molecule has 20 heavy (non-hydrogen) atoms. The van der Waals surface area contributed by atoms with E-state index in [-0.39, 0.29) is 0 Å². The Labute approximate surface area is 126 Å². The highest BCUT2D eigenvalue weighted by Gasteiger charge is 2.10. The minimum absolute atomic E-state index is 0.726. The molecule has 1 aromatic carbocycles. The van der Waals surface area contributed by atoms with E-state index in [2.05, 4.69) is 35.2 Å². The fourth-order valence-corrected chi connectivity index (χ4v) is 3.03. The van der Waals surface area contributed by atoms with Crippen LogP contribution in [0.5, 0.6) is 0 Å². The number of halogens is 1. The number of thiophene rings is 1. The van der Waals surface area contributed by atoms with E-state index in [9.17, 15) is 0 Å². The summed E-state index contributed by atoms with van der Waals surface area (Å²) in [5, 5.41) is 5.15. The lowest BCUT2D eigenvalue weighted by atomic mass is 10.3. The summed E-state index contributed by atoms with van der Waals surface area (Å²) in [5.41, 5.74) is 0.973. The summed E-state index contributed by atoms with van der Waals surface area (Å²) in [4.78, 5) is 11.4. The molecule has 3 aromatic rings. The average Bonchev–Trinajstić information content (AvgIpc) is 2.81. The third kappa shape index (κ3) is 2.62. The van der Waals surface area contributed by atoms with Crippen LogP contribution in [-0.2, 0) is 6.42 Å². The van der Waals surface area contributed by atoms with E-state index in [0.29, 0.717) is 0 Å². The molecule has 0 fully saturated rings. The lowest BCUT2D eigenvalue weighted by molar-refractivity contribution is 0.967. The quantitative estimate of drug-likeness (QED) is 0.743. The molecule has 0 bridgehead atoms. The zero-order chi connectivity index (χ0) is 14.1. The Hall–Kier alpha value is -1.65. The van der Waals surface area contributed by atoms with E-state index >= 15 is 0 Å². The molecule has 0 aliphatic carbocycles. The van der Waals surface area contributed by atoms with Crippen LogP contribution < -0.4 is 5.32 Å². The second-order valence-corrected chi connectivity index (χ2v) is 6.22. The largest absolute Gasteiger partial charge is 0.340 e. The molecule has 3 nitrogen and oxygen atoms in total. The summed E-state index contributed by atoms with van der Waals surface area (Å²) in [5.74, 6) is 1.72. The van der Waals surface area contributed by atoms with Crippen molar-refractivity contribution in [3.05, 3.63) is 46.1 Å². The van der Waals surface area contributed by atoms with Crippen molar-refractivity contribution in [2.45, 2.75) is 20.3 Å². The molecule has 102 valence electrons. The van der Waals surface area contributed by atoms with E-state index in [1.165, 1.54) is 4.88 Å². The summed E-state index contributed by atoms with van der Waals surface area (Å²) < 4.78 is 0. The number of hydrogen-bond donors (Lipinski definition) is 1. The van der Waals surface area contributed by atoms with Gasteiger partial charge in [-0.3, -0.25) is 0 Å². The van der Waals surface area contributed by atoms with Crippen molar-refractivity contribution in [2.75, 3.05) is 5.32 Å². The lowest BCUT2D eigenvalue weighted by Crippen LogP contribution is -1.99. The number of rotatable bonds is 3. The predicted octanol–water partition coefficient (Wildman–Crippen LogP) is 4.96. The molecule has 0 saturated carbocycles. The normalized spacial score (nSPS) is 10.9. The van der Waals surface area contributed by atoms with Gasteiger partial charge in [-0.15, -0.1) is 11.3 Å². The van der Waals surface area contributed by atoms with Crippen LogP contribution in [0.4, 0.5) is 11.5 Å². The zero-order valence-electron chi connectivity index (χ0n) is 11.3. The predicted molar refractivity (Wildman–Crippen MR) is 86.3 cm³/mol. The first-order chi connectivity index (χ1) is 9.65. The second kappa shape index (κ2) is 5.38. The van der Waals surface area contributed by atoms with Crippen LogP contribution in [0.25, 0.3) is 10.2 Å². The maximum absolute atomic E-state index is 5.91. The van der Waals surface area contributed by atoms with Crippen molar-refractivity contribution in [2.24, 2.45) is 0 Å². The standard InChI is InChI=1S/C15H14ClN3S/c1-3-13-18-14(12-8-9(2)20-15(12)19-13)17-11-6-4-10(16)5-7-11/h4-8H,3H2,1-2H3,(H,17,18,19). The molecule has 0 spiro atoms. The smallest absolute Gasteiger partial charge is 0.142 e. The highest BCUT2D eigenvalue weighted by Crippen LogP contribution is 2.30. The van der Waals surface area contributed by atoms with Crippen LogP contribution in [-0.4, -0.2) is 9.97 Å². The number of nitrogens with zero attached hydrogens (tertiary/aromatic N) is 2. The van der Waals surface area contributed by atoms with Crippen molar-refractivity contribution in [1.82, 2.24) is 9.97 Å². The van der Waals surface area contributed by atoms with E-state index in [1.807, 2.05) is 24.3 Å². The molecule has 0 unspecified atom stereocenters. The summed E-state index contributed by atoms with van der Waals surface area (Å²) in [6.45, 7) is 4.15. The van der Waals surface area contributed by atoms with Crippen LogP contribution >= 0.6 is 22.9 Å². The van der Waals surface area contributed by atoms with Crippen LogP contribution in [0.15, 0.2) is 30.3 Å². The molecule has 5 heteroatoms. The Balaban J connectivity index is 2.06. The molecular formula is C15H14ClN3S. The van der Waals surface area contributed by atoms with Crippen molar-refractivity contribution in [3.8, 4) is 0 Å². The van der Waals surface area contributed by atoms with Gasteiger partial charge in [0.25, 0.3) is 0 Å². The maximum Gasteiger partial charge on any atom is 0.142 e. The fraction of sp³-hybridized carbons (Fsp3) is 0.200. The molecule has 2 aromatic heterocycles. The van der Waals surface area contributed by atoms with Crippen LogP contribution in [0, 0.1) is 6.92 Å². The SMILES string of the molecule is CCc1nc(Nc2ccc(Cl)cc2)c2cc(C)sc2n1. The maximum atomic E-state index is 5.91.